The summed E-state index contributed by atoms with van der Waals surface area (Å²) in [5.74, 6) is 1.51. The van der Waals surface area contributed by atoms with Crippen LogP contribution in [0.1, 0.15) is 51.9 Å². The van der Waals surface area contributed by atoms with Crippen LogP contribution in [0.25, 0.3) is 0 Å². The van der Waals surface area contributed by atoms with Crippen molar-refractivity contribution in [2.24, 2.45) is 0 Å². The van der Waals surface area contributed by atoms with Gasteiger partial charge in [0.05, 0.1) is 7.11 Å². The molecule has 0 radical (unpaired) electrons. The summed E-state index contributed by atoms with van der Waals surface area (Å²) in [5.41, 5.74) is -0.300. The number of rotatable bonds is 4. The van der Waals surface area contributed by atoms with E-state index in [0.717, 1.165) is 6.29 Å². The van der Waals surface area contributed by atoms with E-state index >= 15 is 0 Å². The molecule has 4 nitrogen and oxygen atoms in total. The van der Waals surface area contributed by atoms with Crippen LogP contribution in [0.4, 0.5) is 0 Å². The van der Waals surface area contributed by atoms with E-state index in [1.54, 1.807) is 19.2 Å². The highest BCUT2D eigenvalue weighted by Crippen LogP contribution is 2.41. The molecule has 0 atom stereocenters. The molecule has 0 aromatic heterocycles. The lowest BCUT2D eigenvalue weighted by Crippen LogP contribution is -2.25. The van der Waals surface area contributed by atoms with Crippen molar-refractivity contribution >= 4 is 6.29 Å². The molecule has 1 aromatic rings. The molecule has 0 unspecified atom stereocenters. The number of aldehydes is 1. The molecule has 1 rings (SSSR count). The number of hydrogen-bond acceptors (Lipinski definition) is 4. The zero-order valence-electron chi connectivity index (χ0n) is 13.4. The van der Waals surface area contributed by atoms with Crippen molar-refractivity contribution in [3.63, 3.8) is 0 Å². The van der Waals surface area contributed by atoms with E-state index in [1.165, 1.54) is 0 Å². The molecular formula is C16H24O4. The Balaban J connectivity index is 3.35. The van der Waals surface area contributed by atoms with E-state index in [9.17, 15) is 4.79 Å². The number of methoxy groups -OCH3 is 1. The Kier molecular flexibility index (Phi) is 4.69. The number of carbonyl (C=O) groups excluding carboxylic acids is 1. The standard InChI is InChI=1S/C16H24O4/c1-15(2,3)19-12-8-11(10-17)9-13(14(12)18-7)20-16(4,5)6/h8-10H,1-7H3. The Morgan fingerprint density at radius 2 is 1.30 bits per heavy atom. The average molecular weight is 280 g/mol. The van der Waals surface area contributed by atoms with Crippen LogP contribution in [0.5, 0.6) is 17.2 Å². The Bertz CT molecular complexity index is 441. The van der Waals surface area contributed by atoms with Gasteiger partial charge in [0.15, 0.2) is 11.5 Å². The molecule has 0 heterocycles. The van der Waals surface area contributed by atoms with Crippen LogP contribution >= 0.6 is 0 Å². The molecule has 0 N–H and O–H groups in total. The van der Waals surface area contributed by atoms with Gasteiger partial charge in [-0.05, 0) is 53.7 Å². The van der Waals surface area contributed by atoms with Crippen LogP contribution < -0.4 is 14.2 Å². The minimum Gasteiger partial charge on any atom is -0.490 e. The fourth-order valence-electron chi connectivity index (χ4n) is 1.68. The summed E-state index contributed by atoms with van der Waals surface area (Å²) >= 11 is 0. The fraction of sp³-hybridized carbons (Fsp3) is 0.562. The van der Waals surface area contributed by atoms with Gasteiger partial charge in [-0.15, -0.1) is 0 Å². The highest BCUT2D eigenvalue weighted by molar-refractivity contribution is 5.78. The first-order chi connectivity index (χ1) is 9.05. The van der Waals surface area contributed by atoms with E-state index in [1.807, 2.05) is 41.5 Å². The molecule has 0 saturated heterocycles. The van der Waals surface area contributed by atoms with E-state index in [4.69, 9.17) is 14.2 Å². The van der Waals surface area contributed by atoms with Crippen molar-refractivity contribution in [3.05, 3.63) is 17.7 Å². The van der Waals surface area contributed by atoms with Gasteiger partial charge >= 0.3 is 0 Å². The molecule has 0 spiro atoms. The molecular weight excluding hydrogens is 256 g/mol. The van der Waals surface area contributed by atoms with Gasteiger partial charge in [-0.1, -0.05) is 0 Å². The second-order valence-corrected chi connectivity index (χ2v) is 6.60. The van der Waals surface area contributed by atoms with Crippen molar-refractivity contribution in [3.8, 4) is 17.2 Å². The molecule has 20 heavy (non-hydrogen) atoms. The van der Waals surface area contributed by atoms with Crippen molar-refractivity contribution in [1.29, 1.82) is 0 Å². The summed E-state index contributed by atoms with van der Waals surface area (Å²) in [4.78, 5) is 11.1. The molecule has 0 aliphatic rings. The lowest BCUT2D eigenvalue weighted by molar-refractivity contribution is 0.107. The Labute approximate surface area is 121 Å². The van der Waals surface area contributed by atoms with E-state index in [2.05, 4.69) is 0 Å². The first-order valence-corrected chi connectivity index (χ1v) is 6.61. The van der Waals surface area contributed by atoms with E-state index in [-0.39, 0.29) is 0 Å². The zero-order valence-corrected chi connectivity index (χ0v) is 13.4. The zero-order chi connectivity index (χ0) is 15.6. The Morgan fingerprint density at radius 1 is 0.900 bits per heavy atom. The maximum Gasteiger partial charge on any atom is 0.203 e. The summed E-state index contributed by atoms with van der Waals surface area (Å²) in [7, 11) is 1.56. The van der Waals surface area contributed by atoms with Gasteiger partial charge in [-0.2, -0.15) is 0 Å². The SMILES string of the molecule is COc1c(OC(C)(C)C)cc(C=O)cc1OC(C)(C)C. The van der Waals surface area contributed by atoms with E-state index < -0.39 is 11.2 Å². The summed E-state index contributed by atoms with van der Waals surface area (Å²) < 4.78 is 17.1. The van der Waals surface area contributed by atoms with Gasteiger partial charge in [0.25, 0.3) is 0 Å². The molecule has 4 heteroatoms. The molecule has 0 aliphatic carbocycles. The van der Waals surface area contributed by atoms with E-state index in [0.29, 0.717) is 22.8 Å². The maximum absolute atomic E-state index is 11.1. The summed E-state index contributed by atoms with van der Waals surface area (Å²) in [6, 6.07) is 3.32. The lowest BCUT2D eigenvalue weighted by Gasteiger charge is -2.27. The van der Waals surface area contributed by atoms with Gasteiger partial charge in [0, 0.05) is 5.56 Å². The summed E-state index contributed by atoms with van der Waals surface area (Å²) in [5, 5.41) is 0. The average Bonchev–Trinajstić information content (AvgIpc) is 2.24. The molecule has 112 valence electrons. The Hall–Kier alpha value is -1.71. The highest BCUT2D eigenvalue weighted by Gasteiger charge is 2.22. The number of ether oxygens (including phenoxy) is 3. The summed E-state index contributed by atoms with van der Waals surface area (Å²) in [6.07, 6.45) is 0.768. The van der Waals surface area contributed by atoms with Crippen molar-refractivity contribution in [1.82, 2.24) is 0 Å². The lowest BCUT2D eigenvalue weighted by atomic mass is 10.1. The van der Waals surface area contributed by atoms with Crippen LogP contribution in [-0.4, -0.2) is 24.6 Å². The quantitative estimate of drug-likeness (QED) is 0.785. The first-order valence-electron chi connectivity index (χ1n) is 6.61. The third-order valence-corrected chi connectivity index (χ3v) is 2.22. The van der Waals surface area contributed by atoms with Gasteiger partial charge < -0.3 is 14.2 Å². The number of benzene rings is 1. The maximum atomic E-state index is 11.1. The van der Waals surface area contributed by atoms with Crippen LogP contribution in [-0.2, 0) is 0 Å². The predicted molar refractivity (Wildman–Crippen MR) is 79.1 cm³/mol. The molecule has 0 aliphatic heterocycles. The van der Waals surface area contributed by atoms with Crippen molar-refractivity contribution in [2.75, 3.05) is 7.11 Å². The van der Waals surface area contributed by atoms with Gasteiger partial charge in [0.1, 0.15) is 17.5 Å². The largest absolute Gasteiger partial charge is 0.490 e. The molecule has 0 saturated carbocycles. The molecule has 1 aromatic carbocycles. The van der Waals surface area contributed by atoms with Crippen LogP contribution in [0.15, 0.2) is 12.1 Å². The topological polar surface area (TPSA) is 44.8 Å². The molecule has 0 bridgehead atoms. The smallest absolute Gasteiger partial charge is 0.203 e. The predicted octanol–water partition coefficient (Wildman–Crippen LogP) is 3.86. The van der Waals surface area contributed by atoms with Crippen molar-refractivity contribution in [2.45, 2.75) is 52.7 Å². The fourth-order valence-corrected chi connectivity index (χ4v) is 1.68. The Morgan fingerprint density at radius 3 is 1.55 bits per heavy atom. The first kappa shape index (κ1) is 16.3. The summed E-state index contributed by atoms with van der Waals surface area (Å²) in [6.45, 7) is 11.6. The van der Waals surface area contributed by atoms with Gasteiger partial charge in [-0.3, -0.25) is 4.79 Å². The monoisotopic (exact) mass is 280 g/mol. The number of hydrogen-bond donors (Lipinski definition) is 0. The van der Waals surface area contributed by atoms with Crippen molar-refractivity contribution < 1.29 is 19.0 Å². The molecule has 0 amide bonds. The van der Waals surface area contributed by atoms with Crippen LogP contribution in [0.2, 0.25) is 0 Å². The van der Waals surface area contributed by atoms with Gasteiger partial charge in [0.2, 0.25) is 5.75 Å². The minimum atomic E-state index is -0.395. The highest BCUT2D eigenvalue weighted by atomic mass is 16.6. The third-order valence-electron chi connectivity index (χ3n) is 2.22. The van der Waals surface area contributed by atoms with Crippen LogP contribution in [0, 0.1) is 0 Å². The normalized spacial score (nSPS) is 11.9. The second-order valence-electron chi connectivity index (χ2n) is 6.60. The number of carbonyl (C=O) groups is 1. The van der Waals surface area contributed by atoms with Gasteiger partial charge in [-0.25, -0.2) is 0 Å². The third kappa shape index (κ3) is 4.76. The second kappa shape index (κ2) is 5.73. The minimum absolute atomic E-state index is 0.395. The molecule has 0 fully saturated rings. The van der Waals surface area contributed by atoms with Crippen LogP contribution in [0.3, 0.4) is 0 Å².